The van der Waals surface area contributed by atoms with Gasteiger partial charge in [-0.3, -0.25) is 4.98 Å². The minimum atomic E-state index is 0.308. The molecule has 0 spiro atoms. The fourth-order valence-electron chi connectivity index (χ4n) is 5.99. The van der Waals surface area contributed by atoms with Crippen LogP contribution >= 0.6 is 45.2 Å². The highest BCUT2D eigenvalue weighted by Crippen LogP contribution is 2.36. The molecule has 0 amide bonds. The van der Waals surface area contributed by atoms with Crippen LogP contribution in [0.2, 0.25) is 0 Å². The van der Waals surface area contributed by atoms with Crippen LogP contribution in [0, 0.1) is 18.8 Å². The highest BCUT2D eigenvalue weighted by atomic mass is 127. The second-order valence-corrected chi connectivity index (χ2v) is 17.1. The van der Waals surface area contributed by atoms with Crippen molar-refractivity contribution in [2.24, 2.45) is 11.8 Å². The summed E-state index contributed by atoms with van der Waals surface area (Å²) in [5.41, 5.74) is 9.31. The predicted molar refractivity (Wildman–Crippen MR) is 194 cm³/mol. The Morgan fingerprint density at radius 3 is 2.38 bits per heavy atom. The maximum Gasteiger partial charge on any atom is 0.0689 e. The molecule has 40 heavy (non-hydrogen) atoms. The van der Waals surface area contributed by atoms with Gasteiger partial charge in [0.1, 0.15) is 0 Å². The molecular formula is C36H52I2N2. The van der Waals surface area contributed by atoms with Crippen LogP contribution in [0.5, 0.6) is 0 Å². The van der Waals surface area contributed by atoms with Crippen molar-refractivity contribution in [1.29, 1.82) is 0 Å². The van der Waals surface area contributed by atoms with Crippen molar-refractivity contribution in [3.63, 3.8) is 0 Å². The number of benzene rings is 1. The number of pyridine rings is 1. The van der Waals surface area contributed by atoms with Gasteiger partial charge in [0.2, 0.25) is 0 Å². The molecule has 1 aliphatic rings. The number of likely N-dealkylation sites (N-methyl/N-ethyl adjacent to an activating group) is 1. The molecule has 0 fully saturated rings. The zero-order valence-electron chi connectivity index (χ0n) is 26.0. The quantitative estimate of drug-likeness (QED) is 0.108. The lowest BCUT2D eigenvalue weighted by atomic mass is 9.90. The number of alkyl halides is 2. The molecule has 0 radical (unpaired) electrons. The van der Waals surface area contributed by atoms with Gasteiger partial charge in [-0.1, -0.05) is 123 Å². The molecule has 0 saturated heterocycles. The number of halogens is 2. The summed E-state index contributed by atoms with van der Waals surface area (Å²) in [5, 5.41) is 0. The summed E-state index contributed by atoms with van der Waals surface area (Å²) >= 11 is 5.18. The van der Waals surface area contributed by atoms with Crippen molar-refractivity contribution in [2.75, 3.05) is 11.9 Å². The van der Waals surface area contributed by atoms with Crippen LogP contribution in [-0.4, -0.2) is 20.0 Å². The van der Waals surface area contributed by atoms with Crippen molar-refractivity contribution in [3.8, 4) is 11.1 Å². The predicted octanol–water partition coefficient (Wildman–Crippen LogP) is 11.6. The minimum absolute atomic E-state index is 0.308. The highest BCUT2D eigenvalue weighted by Gasteiger charge is 2.23. The van der Waals surface area contributed by atoms with E-state index in [4.69, 9.17) is 4.98 Å². The van der Waals surface area contributed by atoms with Gasteiger partial charge in [-0.2, -0.15) is 0 Å². The summed E-state index contributed by atoms with van der Waals surface area (Å²) in [6.45, 7) is 13.9. The van der Waals surface area contributed by atoms with Crippen molar-refractivity contribution in [1.82, 2.24) is 4.98 Å². The third kappa shape index (κ3) is 9.31. The molecule has 0 bridgehead atoms. The van der Waals surface area contributed by atoms with Crippen molar-refractivity contribution < 1.29 is 0 Å². The Kier molecular flexibility index (Phi) is 14.0. The summed E-state index contributed by atoms with van der Waals surface area (Å²) in [6.07, 6.45) is 18.2. The fourth-order valence-corrected chi connectivity index (χ4v) is 6.99. The van der Waals surface area contributed by atoms with Gasteiger partial charge in [0.15, 0.2) is 0 Å². The first-order valence-electron chi connectivity index (χ1n) is 15.7. The Labute approximate surface area is 273 Å². The molecule has 4 heteroatoms. The lowest BCUT2D eigenvalue weighted by Crippen LogP contribution is -2.30. The molecule has 3 atom stereocenters. The Hall–Kier alpha value is -0.890. The van der Waals surface area contributed by atoms with Crippen molar-refractivity contribution in [3.05, 3.63) is 71.1 Å². The number of aromatic nitrogens is 1. The van der Waals surface area contributed by atoms with E-state index in [-0.39, 0.29) is 0 Å². The number of allylic oxidation sites excluding steroid dienone is 2. The Bertz CT molecular complexity index is 1130. The van der Waals surface area contributed by atoms with Crippen molar-refractivity contribution in [2.45, 2.75) is 113 Å². The maximum absolute atomic E-state index is 5.25. The molecule has 0 saturated carbocycles. The van der Waals surface area contributed by atoms with Crippen LogP contribution in [0.15, 0.2) is 54.1 Å². The Morgan fingerprint density at radius 1 is 1.00 bits per heavy atom. The van der Waals surface area contributed by atoms with E-state index in [1.165, 1.54) is 90.7 Å². The molecule has 2 aromatic rings. The average molecular weight is 767 g/mol. The van der Waals surface area contributed by atoms with E-state index in [2.05, 4.69) is 147 Å². The molecule has 0 aliphatic heterocycles. The van der Waals surface area contributed by atoms with Gasteiger partial charge in [-0.05, 0) is 104 Å². The van der Waals surface area contributed by atoms with Crippen LogP contribution in [0.3, 0.4) is 0 Å². The summed E-state index contributed by atoms with van der Waals surface area (Å²) in [7, 11) is 2.26. The first-order valence-corrected chi connectivity index (χ1v) is 18.2. The van der Waals surface area contributed by atoms with Gasteiger partial charge in [-0.25, -0.2) is 0 Å². The third-order valence-corrected chi connectivity index (χ3v) is 10.5. The standard InChI is InChI=1S/C36H52I2N2/c1-8-11-12-15-32-22-30(23-35(39-32)28(13-9-2)14-10-3)34-24-33(19-17-26(34)5)40(7)27(6)29-18-16-25(4)20-31(21-29)36(37)38/h16-19,21-25,27-28,31,36H,8-15,20H2,1-7H3. The van der Waals surface area contributed by atoms with Gasteiger partial charge in [-0.15, -0.1) is 0 Å². The number of aryl methyl sites for hydroxylation is 2. The first-order chi connectivity index (χ1) is 19.2. The van der Waals surface area contributed by atoms with Gasteiger partial charge in [0.25, 0.3) is 0 Å². The second kappa shape index (κ2) is 16.7. The molecule has 0 N–H and O–H groups in total. The van der Waals surface area contributed by atoms with Crippen LogP contribution < -0.4 is 4.90 Å². The Morgan fingerprint density at radius 2 is 1.73 bits per heavy atom. The molecule has 1 aliphatic carbocycles. The van der Waals surface area contributed by atoms with E-state index in [0.29, 0.717) is 25.7 Å². The fraction of sp³-hybridized carbons (Fsp3) is 0.583. The summed E-state index contributed by atoms with van der Waals surface area (Å²) in [4.78, 5) is 7.72. The maximum atomic E-state index is 5.25. The van der Waals surface area contributed by atoms with E-state index in [0.717, 1.165) is 6.42 Å². The summed E-state index contributed by atoms with van der Waals surface area (Å²) in [5.74, 6) is 1.77. The van der Waals surface area contributed by atoms with Crippen LogP contribution in [0.25, 0.3) is 11.1 Å². The average Bonchev–Trinajstić information content (AvgIpc) is 3.14. The molecular weight excluding hydrogens is 714 g/mol. The molecule has 3 unspecified atom stereocenters. The van der Waals surface area contributed by atoms with Gasteiger partial charge < -0.3 is 4.90 Å². The summed E-state index contributed by atoms with van der Waals surface area (Å²) < 4.78 is 0.604. The molecule has 1 aromatic heterocycles. The van der Waals surface area contributed by atoms with Crippen LogP contribution in [-0.2, 0) is 6.42 Å². The van der Waals surface area contributed by atoms with E-state index in [1.54, 1.807) is 0 Å². The van der Waals surface area contributed by atoms with E-state index in [9.17, 15) is 0 Å². The number of rotatable bonds is 14. The van der Waals surface area contributed by atoms with Gasteiger partial charge in [0.05, 0.1) is 7.97 Å². The molecule has 3 rings (SSSR count). The van der Waals surface area contributed by atoms with Crippen LogP contribution in [0.4, 0.5) is 5.69 Å². The smallest absolute Gasteiger partial charge is 0.0689 e. The number of anilines is 1. The molecule has 1 heterocycles. The zero-order valence-corrected chi connectivity index (χ0v) is 30.3. The topological polar surface area (TPSA) is 16.1 Å². The number of hydrogen-bond acceptors (Lipinski definition) is 2. The largest absolute Gasteiger partial charge is 0.368 e. The van der Waals surface area contributed by atoms with E-state index < -0.39 is 0 Å². The number of hydrogen-bond donors (Lipinski definition) is 0. The van der Waals surface area contributed by atoms with E-state index >= 15 is 0 Å². The summed E-state index contributed by atoms with van der Waals surface area (Å²) in [6, 6.07) is 12.1. The number of unbranched alkanes of at least 4 members (excludes halogenated alkanes) is 2. The highest BCUT2D eigenvalue weighted by molar-refractivity contribution is 14.2. The lowest BCUT2D eigenvalue weighted by Gasteiger charge is -2.29. The Balaban J connectivity index is 2.00. The zero-order chi connectivity index (χ0) is 29.2. The second-order valence-electron chi connectivity index (χ2n) is 12.0. The van der Waals surface area contributed by atoms with Crippen molar-refractivity contribution >= 4 is 50.9 Å². The first kappa shape index (κ1) is 33.6. The van der Waals surface area contributed by atoms with Crippen LogP contribution in [0.1, 0.15) is 109 Å². The minimum Gasteiger partial charge on any atom is -0.368 e. The number of nitrogens with zero attached hydrogens (tertiary/aromatic N) is 2. The van der Waals surface area contributed by atoms with Gasteiger partial charge >= 0.3 is 0 Å². The molecule has 2 nitrogen and oxygen atoms in total. The monoisotopic (exact) mass is 766 g/mol. The van der Waals surface area contributed by atoms with E-state index in [1.807, 2.05) is 0 Å². The normalized spacial score (nSPS) is 18.2. The SMILES string of the molecule is CCCCCc1cc(-c2cc(N(C)C(C)C3=CC(C(I)I)CC(C)C=C3)ccc2C)cc(C(CCC)CCC)n1. The van der Waals surface area contributed by atoms with Gasteiger partial charge in [0, 0.05) is 30.0 Å². The molecule has 220 valence electrons. The molecule has 1 aromatic carbocycles. The third-order valence-electron chi connectivity index (χ3n) is 8.62. The lowest BCUT2D eigenvalue weighted by molar-refractivity contribution is 0.545.